The first kappa shape index (κ1) is 35.6. The average Bonchev–Trinajstić information content (AvgIpc) is 3.86. The van der Waals surface area contributed by atoms with E-state index in [4.69, 9.17) is 9.97 Å². The standard InChI is InChI=1S/C36H18N8O8.2Mn/c45-33(46)21-19-20(22(34(47)48)24(36(51)52)23(21)35(49)50)32-43-30-18-12-6-4-10-16(18)28(41-30)39-26-14-8-2-1-7-13(14)25(37-26)38-27-15-9-3-5-11-17(15)29(40-27)42-31(19)44-32;;/h1-12H,(H,45,46)(H,47,48)(H,49,50)(H,51,52)(H2,37,38,39,40,41,42,43,44);;/q;2*+2/p-4. The first-order valence-corrected chi connectivity index (χ1v) is 15.3. The Bertz CT molecular complexity index is 2820. The van der Waals surface area contributed by atoms with Crippen LogP contribution in [-0.2, 0) is 34.1 Å². The van der Waals surface area contributed by atoms with Crippen LogP contribution in [0.5, 0.6) is 0 Å². The zero-order chi connectivity index (χ0) is 36.0. The number of nitrogens with zero attached hydrogens (tertiary/aromatic N) is 6. The second-order valence-corrected chi connectivity index (χ2v) is 11.6. The van der Waals surface area contributed by atoms with E-state index in [2.05, 4.69) is 29.9 Å². The molecule has 2 radical (unpaired) electrons. The van der Waals surface area contributed by atoms with E-state index >= 15 is 0 Å². The van der Waals surface area contributed by atoms with Gasteiger partial charge in [-0.1, -0.05) is 72.8 Å². The van der Waals surface area contributed by atoms with E-state index in [-0.39, 0.29) is 57.4 Å². The molecule has 8 bridgehead atoms. The smallest absolute Gasteiger partial charge is 0.545 e. The molecule has 54 heavy (non-hydrogen) atoms. The number of nitrogens with one attached hydrogen (secondary N) is 2. The molecule has 0 saturated carbocycles. The number of rotatable bonds is 4. The summed E-state index contributed by atoms with van der Waals surface area (Å²) in [7, 11) is 0. The summed E-state index contributed by atoms with van der Waals surface area (Å²) in [6.07, 6.45) is 0. The summed E-state index contributed by atoms with van der Waals surface area (Å²) in [5, 5.41) is 50.3. The molecule has 0 atom stereocenters. The van der Waals surface area contributed by atoms with Crippen LogP contribution in [-0.4, -0.2) is 63.7 Å². The number of benzene rings is 4. The minimum absolute atomic E-state index is 0. The van der Waals surface area contributed by atoms with E-state index in [1.165, 1.54) is 0 Å². The van der Waals surface area contributed by atoms with Crippen LogP contribution < -0.4 is 20.4 Å². The third-order valence-electron chi connectivity index (χ3n) is 8.81. The summed E-state index contributed by atoms with van der Waals surface area (Å²) in [5.74, 6) is -8.77. The fourth-order valence-corrected chi connectivity index (χ4v) is 6.72. The summed E-state index contributed by atoms with van der Waals surface area (Å²) < 4.78 is 0. The fraction of sp³-hybridized carbons (Fsp3) is 0. The van der Waals surface area contributed by atoms with E-state index in [1.54, 1.807) is 48.5 Å². The van der Waals surface area contributed by atoms with Gasteiger partial charge in [0.1, 0.15) is 22.6 Å². The van der Waals surface area contributed by atoms with Gasteiger partial charge in [-0.15, -0.1) is 0 Å². The van der Waals surface area contributed by atoms with E-state index in [0.29, 0.717) is 44.3 Å². The van der Waals surface area contributed by atoms with Gasteiger partial charge in [-0.2, -0.15) is 0 Å². The number of carbonyl (C=O) groups is 4. The number of carbonyl (C=O) groups excluding carboxylic acids is 4. The van der Waals surface area contributed by atoms with Gasteiger partial charge >= 0.3 is 34.1 Å². The van der Waals surface area contributed by atoms with Crippen molar-refractivity contribution in [1.29, 1.82) is 0 Å². The van der Waals surface area contributed by atoms with E-state index < -0.39 is 68.2 Å². The first-order chi connectivity index (χ1) is 25.1. The minimum Gasteiger partial charge on any atom is -0.545 e. The molecule has 0 aliphatic carbocycles. The maximum Gasteiger partial charge on any atom is 2.00 e. The van der Waals surface area contributed by atoms with Gasteiger partial charge in [0.15, 0.2) is 23.3 Å². The summed E-state index contributed by atoms with van der Waals surface area (Å²) in [6, 6.07) is 21.0. The molecule has 0 unspecified atom stereocenters. The van der Waals surface area contributed by atoms with Crippen LogP contribution in [0.15, 0.2) is 72.8 Å². The van der Waals surface area contributed by atoms with Crippen molar-refractivity contribution in [2.45, 2.75) is 0 Å². The molecule has 18 heteroatoms. The number of aromatic nitrogens is 8. The normalized spacial score (nSPS) is 11.3. The van der Waals surface area contributed by atoms with Gasteiger partial charge in [0.2, 0.25) is 0 Å². The molecular weight excluding hydrogens is 782 g/mol. The van der Waals surface area contributed by atoms with Crippen molar-refractivity contribution in [2.24, 2.45) is 0 Å². The summed E-state index contributed by atoms with van der Waals surface area (Å²) >= 11 is 0. The Balaban J connectivity index is 0.00000225. The number of H-pyrrole nitrogens is 2. The molecule has 7 aromatic rings. The van der Waals surface area contributed by atoms with Crippen molar-refractivity contribution >= 4 is 68.0 Å². The Kier molecular flexibility index (Phi) is 8.55. The number of aromatic carboxylic acids is 4. The molecule has 2 aliphatic heterocycles. The number of carboxylic acid groups (broad SMARTS) is 4. The van der Waals surface area contributed by atoms with Crippen LogP contribution >= 0.6 is 0 Å². The molecule has 5 heterocycles. The van der Waals surface area contributed by atoms with Gasteiger partial charge in [0, 0.05) is 66.1 Å². The topological polar surface area (TPSA) is 269 Å². The van der Waals surface area contributed by atoms with Crippen molar-refractivity contribution in [3.63, 3.8) is 0 Å². The summed E-state index contributed by atoms with van der Waals surface area (Å²) in [4.78, 5) is 84.3. The molecule has 0 amide bonds. The van der Waals surface area contributed by atoms with Crippen molar-refractivity contribution in [1.82, 2.24) is 39.9 Å². The molecular formula is C36H14Mn2N8O8. The van der Waals surface area contributed by atoms with Crippen LogP contribution in [0.25, 0.3) is 89.7 Å². The molecule has 16 nitrogen and oxygen atoms in total. The number of aromatic amines is 2. The molecule has 0 saturated heterocycles. The van der Waals surface area contributed by atoms with Crippen molar-refractivity contribution in [2.75, 3.05) is 0 Å². The van der Waals surface area contributed by atoms with E-state index in [9.17, 15) is 39.6 Å². The molecule has 3 aromatic heterocycles. The van der Waals surface area contributed by atoms with Crippen LogP contribution in [0.3, 0.4) is 0 Å². The average molecular weight is 796 g/mol. The Morgan fingerprint density at radius 1 is 0.389 bits per heavy atom. The minimum atomic E-state index is -2.34. The summed E-state index contributed by atoms with van der Waals surface area (Å²) in [6.45, 7) is 0. The second-order valence-electron chi connectivity index (χ2n) is 11.6. The molecule has 2 N–H and O–H groups in total. The number of hydrogen-bond donors (Lipinski definition) is 2. The number of hydrogen-bond acceptors (Lipinski definition) is 14. The van der Waals surface area contributed by atoms with Gasteiger partial charge in [0.25, 0.3) is 0 Å². The van der Waals surface area contributed by atoms with E-state index in [1.807, 2.05) is 24.3 Å². The zero-order valence-corrected chi connectivity index (χ0v) is 29.0. The number of carboxylic acids is 4. The predicted molar refractivity (Wildman–Crippen MR) is 173 cm³/mol. The SMILES string of the molecule is O=C([O-])c1c(C(=O)[O-])c(C(=O)[O-])c2c3nc4nc(nc5[nH]c(nc6nc(nc([nH]3)c2c1C(=O)[O-])-c1ccccc1-6)c1ccccc51)-c1ccccc1-4.[Mn+2].[Mn+2]. The van der Waals surface area contributed by atoms with Gasteiger partial charge < -0.3 is 49.6 Å². The van der Waals surface area contributed by atoms with Crippen LogP contribution in [0.1, 0.15) is 41.4 Å². The van der Waals surface area contributed by atoms with Crippen molar-refractivity contribution in [3.8, 4) is 45.6 Å². The maximum atomic E-state index is 12.7. The second kappa shape index (κ2) is 13.0. The molecule has 0 fully saturated rings. The summed E-state index contributed by atoms with van der Waals surface area (Å²) in [5.41, 5.74) is -3.81. The van der Waals surface area contributed by atoms with Gasteiger partial charge in [0.05, 0.1) is 23.9 Å². The third kappa shape index (κ3) is 5.20. The zero-order valence-electron chi connectivity index (χ0n) is 26.6. The molecule has 4 aromatic carbocycles. The Morgan fingerprint density at radius 2 is 0.667 bits per heavy atom. The maximum absolute atomic E-state index is 12.7. The van der Waals surface area contributed by atoms with E-state index in [0.717, 1.165) is 0 Å². The fourth-order valence-electron chi connectivity index (χ4n) is 6.72. The third-order valence-corrected chi connectivity index (χ3v) is 8.81. The quantitative estimate of drug-likeness (QED) is 0.227. The molecule has 9 rings (SSSR count). The Hall–Kier alpha value is -6.84. The first-order valence-electron chi connectivity index (χ1n) is 15.3. The van der Waals surface area contributed by atoms with Crippen molar-refractivity contribution in [3.05, 3.63) is 95.1 Å². The Morgan fingerprint density at radius 3 is 0.981 bits per heavy atom. The van der Waals surface area contributed by atoms with Gasteiger partial charge in [-0.25, -0.2) is 29.9 Å². The predicted octanol–water partition coefficient (Wildman–Crippen LogP) is 0.318. The molecule has 0 spiro atoms. The van der Waals surface area contributed by atoms with Crippen LogP contribution in [0, 0.1) is 0 Å². The van der Waals surface area contributed by atoms with Gasteiger partial charge in [-0.05, 0) is 0 Å². The Labute approximate surface area is 321 Å². The monoisotopic (exact) mass is 796 g/mol. The van der Waals surface area contributed by atoms with Crippen LogP contribution in [0.4, 0.5) is 0 Å². The van der Waals surface area contributed by atoms with Gasteiger partial charge in [-0.3, -0.25) is 0 Å². The molecule has 260 valence electrons. The largest absolute Gasteiger partial charge is 2.00 e. The molecule has 2 aliphatic rings. The number of fused-ring (bicyclic) bond motifs is 20. The van der Waals surface area contributed by atoms with Crippen molar-refractivity contribution < 1.29 is 73.7 Å². The van der Waals surface area contributed by atoms with Crippen LogP contribution in [0.2, 0.25) is 0 Å².